The fraction of sp³-hybridized carbons (Fsp3) is 0.636. The minimum Gasteiger partial charge on any atom is -0.507 e. The van der Waals surface area contributed by atoms with E-state index in [2.05, 4.69) is 48.3 Å². The Bertz CT molecular complexity index is 734. The molecule has 5 heteroatoms. The van der Waals surface area contributed by atoms with Crippen LogP contribution in [0.5, 0.6) is 5.75 Å². The summed E-state index contributed by atoms with van der Waals surface area (Å²) in [6.45, 7) is 11.9. The van der Waals surface area contributed by atoms with Gasteiger partial charge in [-0.3, -0.25) is 19.2 Å². The highest BCUT2D eigenvalue weighted by molar-refractivity contribution is 5.80. The van der Waals surface area contributed by atoms with Crippen molar-refractivity contribution in [1.82, 2.24) is 9.80 Å². The predicted molar refractivity (Wildman–Crippen MR) is 109 cm³/mol. The average molecular weight is 373 g/mol. The van der Waals surface area contributed by atoms with Crippen molar-refractivity contribution in [3.8, 4) is 5.75 Å². The average Bonchev–Trinajstić information content (AvgIpc) is 2.62. The lowest BCUT2D eigenvalue weighted by Crippen LogP contribution is -2.56. The van der Waals surface area contributed by atoms with Gasteiger partial charge in [0.25, 0.3) is 0 Å². The summed E-state index contributed by atoms with van der Waals surface area (Å²) in [7, 11) is 2.19. The third-order valence-corrected chi connectivity index (χ3v) is 5.77. The third-order valence-electron chi connectivity index (χ3n) is 5.77. The number of rotatable bonds is 5. The van der Waals surface area contributed by atoms with Crippen LogP contribution in [-0.2, 0) is 11.8 Å². The quantitative estimate of drug-likeness (QED) is 0.638. The van der Waals surface area contributed by atoms with Crippen molar-refractivity contribution < 1.29 is 14.5 Å². The van der Waals surface area contributed by atoms with E-state index in [1.54, 1.807) is 0 Å². The Kier molecular flexibility index (Phi) is 5.78. The van der Waals surface area contributed by atoms with E-state index < -0.39 is 0 Å². The molecule has 0 amide bonds. The van der Waals surface area contributed by atoms with Gasteiger partial charge in [0.05, 0.1) is 45.3 Å². The zero-order chi connectivity index (χ0) is 19.6. The van der Waals surface area contributed by atoms with E-state index in [9.17, 15) is 9.90 Å². The highest BCUT2D eigenvalue weighted by atomic mass is 16.3. The molecule has 0 saturated carbocycles. The molecule has 0 aromatic heterocycles. The van der Waals surface area contributed by atoms with Gasteiger partial charge in [-0.1, -0.05) is 26.8 Å². The zero-order valence-corrected chi connectivity index (χ0v) is 17.3. The molecule has 0 atom stereocenters. The lowest BCUT2D eigenvalue weighted by atomic mass is 9.84. The van der Waals surface area contributed by atoms with E-state index in [0.29, 0.717) is 5.56 Å². The predicted octanol–water partition coefficient (Wildman–Crippen LogP) is 2.84. The lowest BCUT2D eigenvalue weighted by Gasteiger charge is -2.35. The van der Waals surface area contributed by atoms with Crippen LogP contribution in [0.2, 0.25) is 0 Å². The van der Waals surface area contributed by atoms with Crippen LogP contribution in [0.3, 0.4) is 0 Å². The smallest absolute Gasteiger partial charge is 0.350 e. The number of phenols is 1. The van der Waals surface area contributed by atoms with E-state index in [-0.39, 0.29) is 11.2 Å². The number of aryl methyl sites for hydroxylation is 1. The Morgan fingerprint density at radius 3 is 2.63 bits per heavy atom. The number of fused-ring (bicyclic) bond motifs is 1. The number of carbonyl (C=O) groups excluding carboxylic acids is 1. The summed E-state index contributed by atoms with van der Waals surface area (Å²) in [5, 5.41) is 10.5. The molecule has 0 radical (unpaired) electrons. The fourth-order valence-electron chi connectivity index (χ4n) is 4.25. The molecule has 148 valence electrons. The normalized spacial score (nSPS) is 17.9. The topological polar surface area (TPSA) is 46.8 Å². The minimum atomic E-state index is -0.0474. The molecule has 2 aliphatic heterocycles. The molecule has 0 bridgehead atoms. The first-order valence-electron chi connectivity index (χ1n) is 10.2. The molecule has 0 unspecified atom stereocenters. The molecule has 0 spiro atoms. The molecule has 1 saturated heterocycles. The SMILES string of the molecule is CN1CCCN2CCC[N+](CCCc3cc(C(C)(C)C)cc(C=O)c3O)=C12. The van der Waals surface area contributed by atoms with Gasteiger partial charge in [-0.15, -0.1) is 0 Å². The van der Waals surface area contributed by atoms with Crippen molar-refractivity contribution in [2.24, 2.45) is 0 Å². The molecular formula is C22H34N3O2+. The maximum Gasteiger partial charge on any atom is 0.350 e. The summed E-state index contributed by atoms with van der Waals surface area (Å²) in [5.41, 5.74) is 2.35. The first-order valence-corrected chi connectivity index (χ1v) is 10.2. The number of phenolic OH excluding ortho intramolecular Hbond substituents is 1. The number of aldehydes is 1. The van der Waals surface area contributed by atoms with Gasteiger partial charge in [-0.05, 0) is 35.4 Å². The Morgan fingerprint density at radius 1 is 1.19 bits per heavy atom. The van der Waals surface area contributed by atoms with Crippen LogP contribution in [-0.4, -0.2) is 71.5 Å². The number of guanidine groups is 1. The van der Waals surface area contributed by atoms with E-state index in [1.165, 1.54) is 18.8 Å². The van der Waals surface area contributed by atoms with Gasteiger partial charge < -0.3 is 5.11 Å². The highest BCUT2D eigenvalue weighted by Gasteiger charge is 2.33. The molecule has 1 N–H and O–H groups in total. The van der Waals surface area contributed by atoms with Crippen LogP contribution in [0, 0.1) is 0 Å². The number of carbonyl (C=O) groups is 1. The lowest BCUT2D eigenvalue weighted by molar-refractivity contribution is -0.544. The second kappa shape index (κ2) is 7.91. The number of hydrogen-bond donors (Lipinski definition) is 1. The van der Waals surface area contributed by atoms with Gasteiger partial charge >= 0.3 is 5.96 Å². The Hall–Kier alpha value is -2.04. The van der Waals surface area contributed by atoms with Gasteiger partial charge in [0, 0.05) is 12.8 Å². The van der Waals surface area contributed by atoms with Crippen molar-refractivity contribution in [3.63, 3.8) is 0 Å². The summed E-state index contributed by atoms with van der Waals surface area (Å²) >= 11 is 0. The largest absolute Gasteiger partial charge is 0.507 e. The summed E-state index contributed by atoms with van der Waals surface area (Å²) in [5.74, 6) is 1.52. The van der Waals surface area contributed by atoms with Crippen LogP contribution in [0.4, 0.5) is 0 Å². The molecule has 0 aliphatic carbocycles. The van der Waals surface area contributed by atoms with Crippen LogP contribution >= 0.6 is 0 Å². The summed E-state index contributed by atoms with van der Waals surface area (Å²) in [6, 6.07) is 3.89. The van der Waals surface area contributed by atoms with Crippen molar-refractivity contribution in [3.05, 3.63) is 28.8 Å². The zero-order valence-electron chi connectivity index (χ0n) is 17.3. The number of nitrogens with zero attached hydrogens (tertiary/aromatic N) is 3. The van der Waals surface area contributed by atoms with E-state index in [1.807, 2.05) is 6.07 Å². The Morgan fingerprint density at radius 2 is 1.93 bits per heavy atom. The van der Waals surface area contributed by atoms with Gasteiger partial charge in [-0.25, -0.2) is 0 Å². The van der Waals surface area contributed by atoms with Crippen molar-refractivity contribution in [2.75, 3.05) is 39.8 Å². The molecule has 5 nitrogen and oxygen atoms in total. The van der Waals surface area contributed by atoms with Crippen molar-refractivity contribution in [2.45, 2.75) is 51.9 Å². The van der Waals surface area contributed by atoms with E-state index in [4.69, 9.17) is 0 Å². The Labute approximate surface area is 163 Å². The minimum absolute atomic E-state index is 0.0474. The van der Waals surface area contributed by atoms with Crippen LogP contribution < -0.4 is 0 Å². The molecule has 1 aromatic rings. The number of aromatic hydroxyl groups is 1. The number of benzene rings is 1. The molecule has 2 heterocycles. The first-order chi connectivity index (χ1) is 12.8. The summed E-state index contributed by atoms with van der Waals surface area (Å²) < 4.78 is 2.49. The van der Waals surface area contributed by atoms with Gasteiger partial charge in [-0.2, -0.15) is 0 Å². The highest BCUT2D eigenvalue weighted by Crippen LogP contribution is 2.31. The van der Waals surface area contributed by atoms with Crippen LogP contribution in [0.25, 0.3) is 0 Å². The van der Waals surface area contributed by atoms with Crippen molar-refractivity contribution >= 4 is 12.2 Å². The summed E-state index contributed by atoms with van der Waals surface area (Å²) in [6.07, 6.45) is 4.95. The second-order valence-electron chi connectivity index (χ2n) is 8.95. The fourth-order valence-corrected chi connectivity index (χ4v) is 4.25. The van der Waals surface area contributed by atoms with E-state index in [0.717, 1.165) is 63.0 Å². The molecule has 1 fully saturated rings. The summed E-state index contributed by atoms with van der Waals surface area (Å²) in [4.78, 5) is 16.3. The maximum absolute atomic E-state index is 11.4. The molecule has 1 aromatic carbocycles. The third kappa shape index (κ3) is 4.28. The first kappa shape index (κ1) is 19.7. The van der Waals surface area contributed by atoms with Crippen molar-refractivity contribution in [1.29, 1.82) is 0 Å². The number of hydrogen-bond acceptors (Lipinski definition) is 4. The molecule has 27 heavy (non-hydrogen) atoms. The van der Waals surface area contributed by atoms with Crippen LogP contribution in [0.15, 0.2) is 12.1 Å². The Balaban J connectivity index is 1.76. The van der Waals surface area contributed by atoms with Gasteiger partial charge in [0.15, 0.2) is 6.29 Å². The molecule has 3 rings (SSSR count). The van der Waals surface area contributed by atoms with E-state index >= 15 is 0 Å². The monoisotopic (exact) mass is 372 g/mol. The standard InChI is InChI=1S/C22H33N3O2/c1-22(2,3)19-14-17(20(27)18(15-19)16-26)8-5-10-24-12-7-13-25-11-6-9-23(4)21(24)25/h14-16H,5-13H2,1-4H3/p+1. The molecular weight excluding hydrogens is 338 g/mol. The van der Waals surface area contributed by atoms with Gasteiger partial charge in [0.2, 0.25) is 0 Å². The second-order valence-corrected chi connectivity index (χ2v) is 8.95. The van der Waals surface area contributed by atoms with Crippen LogP contribution in [0.1, 0.15) is 61.5 Å². The molecule has 2 aliphatic rings. The maximum atomic E-state index is 11.4. The van der Waals surface area contributed by atoms with Gasteiger partial charge in [0.1, 0.15) is 5.75 Å².